The van der Waals surface area contributed by atoms with Crippen LogP contribution in [0.1, 0.15) is 0 Å². The zero-order valence-electron chi connectivity index (χ0n) is 5.07. The predicted octanol–water partition coefficient (Wildman–Crippen LogP) is 0.0820. The lowest BCUT2D eigenvalue weighted by atomic mass is 9.82. The van der Waals surface area contributed by atoms with Crippen molar-refractivity contribution in [2.45, 2.75) is 0 Å². The Labute approximate surface area is 58.2 Å². The van der Waals surface area contributed by atoms with E-state index in [-0.39, 0.29) is 0 Å². The summed E-state index contributed by atoms with van der Waals surface area (Å²) in [6, 6.07) is 1.83. The van der Waals surface area contributed by atoms with Crippen molar-refractivity contribution in [3.05, 3.63) is 16.8 Å². The van der Waals surface area contributed by atoms with Gasteiger partial charge in [-0.3, -0.25) is 0 Å². The van der Waals surface area contributed by atoms with E-state index in [0.29, 0.717) is 0 Å². The topological polar surface area (TPSA) is 29.5 Å². The van der Waals surface area contributed by atoms with Crippen LogP contribution in [0.15, 0.2) is 16.8 Å². The molecule has 0 saturated carbocycles. The fourth-order valence-electron chi connectivity index (χ4n) is 0.552. The third kappa shape index (κ3) is 1.54. The second kappa shape index (κ2) is 3.01. The van der Waals surface area contributed by atoms with Gasteiger partial charge in [-0.05, 0) is 16.2 Å². The zero-order chi connectivity index (χ0) is 6.69. The van der Waals surface area contributed by atoms with Gasteiger partial charge in [0.25, 0.3) is 0 Å². The molecular formula is C5H7BO2S. The second-order valence-electron chi connectivity index (χ2n) is 1.64. The summed E-state index contributed by atoms with van der Waals surface area (Å²) in [7, 11) is 0.721. The monoisotopic (exact) mass is 142 g/mol. The van der Waals surface area contributed by atoms with Gasteiger partial charge in [0.15, 0.2) is 0 Å². The highest BCUT2D eigenvalue weighted by Crippen LogP contribution is 1.93. The SMILES string of the molecule is COB(O)c1ccsc1. The van der Waals surface area contributed by atoms with Crippen LogP contribution in [0.3, 0.4) is 0 Å². The minimum Gasteiger partial charge on any atom is -0.423 e. The molecule has 0 atom stereocenters. The lowest BCUT2D eigenvalue weighted by Crippen LogP contribution is -2.30. The molecule has 0 bridgehead atoms. The van der Waals surface area contributed by atoms with Crippen molar-refractivity contribution in [1.82, 2.24) is 0 Å². The van der Waals surface area contributed by atoms with E-state index in [2.05, 4.69) is 4.65 Å². The summed E-state index contributed by atoms with van der Waals surface area (Å²) in [4.78, 5) is 0. The van der Waals surface area contributed by atoms with Crippen LogP contribution in [0.4, 0.5) is 0 Å². The van der Waals surface area contributed by atoms with Crippen molar-refractivity contribution in [3.8, 4) is 0 Å². The molecule has 0 amide bonds. The maximum atomic E-state index is 9.00. The van der Waals surface area contributed by atoms with Crippen molar-refractivity contribution < 1.29 is 9.68 Å². The molecule has 0 aromatic carbocycles. The Kier molecular flexibility index (Phi) is 2.27. The molecule has 0 saturated heterocycles. The van der Waals surface area contributed by atoms with Gasteiger partial charge in [0.05, 0.1) is 0 Å². The lowest BCUT2D eigenvalue weighted by Gasteiger charge is -1.96. The van der Waals surface area contributed by atoms with E-state index in [9.17, 15) is 0 Å². The molecule has 4 heteroatoms. The zero-order valence-corrected chi connectivity index (χ0v) is 5.89. The number of rotatable bonds is 2. The first kappa shape index (κ1) is 6.80. The molecule has 0 unspecified atom stereocenters. The van der Waals surface area contributed by atoms with Gasteiger partial charge in [-0.25, -0.2) is 0 Å². The molecule has 1 N–H and O–H groups in total. The fourth-order valence-corrected chi connectivity index (χ4v) is 1.22. The summed E-state index contributed by atoms with van der Waals surface area (Å²) in [6.07, 6.45) is 0. The Morgan fingerprint density at radius 1 is 1.78 bits per heavy atom. The van der Waals surface area contributed by atoms with Crippen LogP contribution in [-0.4, -0.2) is 19.3 Å². The molecule has 1 rings (SSSR count). The maximum Gasteiger partial charge on any atom is 0.491 e. The molecule has 1 heterocycles. The molecule has 0 spiro atoms. The normalized spacial score (nSPS) is 9.56. The van der Waals surface area contributed by atoms with E-state index in [0.717, 1.165) is 5.46 Å². The molecule has 0 fully saturated rings. The van der Waals surface area contributed by atoms with Gasteiger partial charge in [0, 0.05) is 7.11 Å². The lowest BCUT2D eigenvalue weighted by molar-refractivity contribution is 0.342. The van der Waals surface area contributed by atoms with Crippen LogP contribution in [0, 0.1) is 0 Å². The van der Waals surface area contributed by atoms with Crippen molar-refractivity contribution in [2.24, 2.45) is 0 Å². The number of hydrogen-bond acceptors (Lipinski definition) is 3. The van der Waals surface area contributed by atoms with Crippen molar-refractivity contribution in [2.75, 3.05) is 7.11 Å². The highest BCUT2D eigenvalue weighted by Gasteiger charge is 2.13. The largest absolute Gasteiger partial charge is 0.491 e. The molecule has 0 aliphatic rings. The summed E-state index contributed by atoms with van der Waals surface area (Å²) in [6.45, 7) is 0. The van der Waals surface area contributed by atoms with E-state index in [4.69, 9.17) is 5.02 Å². The molecule has 0 radical (unpaired) electrons. The van der Waals surface area contributed by atoms with E-state index in [1.807, 2.05) is 16.8 Å². The Hall–Kier alpha value is -0.315. The Balaban J connectivity index is 2.65. The molecule has 0 aliphatic carbocycles. The Morgan fingerprint density at radius 2 is 2.56 bits per heavy atom. The quantitative estimate of drug-likeness (QED) is 0.592. The van der Waals surface area contributed by atoms with Gasteiger partial charge in [0.1, 0.15) is 0 Å². The average Bonchev–Trinajstić information content (AvgIpc) is 2.37. The van der Waals surface area contributed by atoms with E-state index in [1.54, 1.807) is 11.3 Å². The van der Waals surface area contributed by atoms with Crippen molar-refractivity contribution >= 4 is 23.9 Å². The fraction of sp³-hybridized carbons (Fsp3) is 0.200. The van der Waals surface area contributed by atoms with Crippen LogP contribution < -0.4 is 5.46 Å². The summed E-state index contributed by atoms with van der Waals surface area (Å²) in [5.74, 6) is 0. The van der Waals surface area contributed by atoms with Crippen LogP contribution in [0.5, 0.6) is 0 Å². The Morgan fingerprint density at radius 3 is 3.00 bits per heavy atom. The third-order valence-corrected chi connectivity index (χ3v) is 1.75. The summed E-state index contributed by atoms with van der Waals surface area (Å²) >= 11 is 1.54. The second-order valence-corrected chi connectivity index (χ2v) is 2.42. The smallest absolute Gasteiger partial charge is 0.423 e. The highest BCUT2D eigenvalue weighted by molar-refractivity contribution is 7.09. The molecule has 1 aromatic rings. The highest BCUT2D eigenvalue weighted by atomic mass is 32.1. The van der Waals surface area contributed by atoms with Crippen LogP contribution in [0.2, 0.25) is 0 Å². The summed E-state index contributed by atoms with van der Waals surface area (Å²) < 4.78 is 4.66. The first-order valence-corrected chi connectivity index (χ1v) is 3.52. The van der Waals surface area contributed by atoms with Crippen molar-refractivity contribution in [1.29, 1.82) is 0 Å². The first-order valence-electron chi connectivity index (χ1n) is 2.57. The van der Waals surface area contributed by atoms with E-state index >= 15 is 0 Å². The van der Waals surface area contributed by atoms with Gasteiger partial charge >= 0.3 is 7.12 Å². The van der Waals surface area contributed by atoms with Gasteiger partial charge in [-0.2, -0.15) is 11.3 Å². The number of thiophene rings is 1. The first-order chi connectivity index (χ1) is 4.34. The number of hydrogen-bond donors (Lipinski definition) is 1. The molecule has 2 nitrogen and oxygen atoms in total. The van der Waals surface area contributed by atoms with E-state index in [1.165, 1.54) is 7.11 Å². The van der Waals surface area contributed by atoms with Crippen molar-refractivity contribution in [3.63, 3.8) is 0 Å². The predicted molar refractivity (Wildman–Crippen MR) is 38.9 cm³/mol. The van der Waals surface area contributed by atoms with Gasteiger partial charge in [0.2, 0.25) is 0 Å². The van der Waals surface area contributed by atoms with Gasteiger partial charge < -0.3 is 9.68 Å². The Bertz CT molecular complexity index is 163. The van der Waals surface area contributed by atoms with Gasteiger partial charge in [-0.1, -0.05) is 6.07 Å². The van der Waals surface area contributed by atoms with Crippen LogP contribution in [0.25, 0.3) is 0 Å². The molecule has 48 valence electrons. The third-order valence-electron chi connectivity index (χ3n) is 1.05. The van der Waals surface area contributed by atoms with Crippen LogP contribution in [-0.2, 0) is 4.65 Å². The van der Waals surface area contributed by atoms with E-state index < -0.39 is 7.12 Å². The molecule has 1 aromatic heterocycles. The minimum atomic E-state index is -0.753. The van der Waals surface area contributed by atoms with Gasteiger partial charge in [-0.15, -0.1) is 0 Å². The summed E-state index contributed by atoms with van der Waals surface area (Å²) in [5, 5.41) is 12.8. The molecule has 9 heavy (non-hydrogen) atoms. The molecular weight excluding hydrogens is 135 g/mol. The average molecular weight is 142 g/mol. The standard InChI is InChI=1S/C5H7BO2S/c1-8-6(7)5-2-3-9-4-5/h2-4,7H,1H3. The molecule has 0 aliphatic heterocycles. The van der Waals surface area contributed by atoms with Crippen LogP contribution >= 0.6 is 11.3 Å². The summed E-state index contributed by atoms with van der Waals surface area (Å²) in [5.41, 5.74) is 0.822. The minimum absolute atomic E-state index is 0.753. The maximum absolute atomic E-state index is 9.00.